The van der Waals surface area contributed by atoms with Crippen molar-refractivity contribution in [3.05, 3.63) is 51.9 Å². The third-order valence-corrected chi connectivity index (χ3v) is 3.71. The Morgan fingerprint density at radius 3 is 2.29 bits per heavy atom. The highest BCUT2D eigenvalue weighted by atomic mass is 79.9. The van der Waals surface area contributed by atoms with Gasteiger partial charge >= 0.3 is 0 Å². The van der Waals surface area contributed by atoms with Gasteiger partial charge in [0.25, 0.3) is 0 Å². The van der Waals surface area contributed by atoms with E-state index < -0.39 is 0 Å². The van der Waals surface area contributed by atoms with Gasteiger partial charge in [0.05, 0.1) is 0 Å². The summed E-state index contributed by atoms with van der Waals surface area (Å²) in [5.41, 5.74) is 2.44. The zero-order valence-electron chi connectivity index (χ0n) is 13.2. The second-order valence-corrected chi connectivity index (χ2v) is 7.24. The van der Waals surface area contributed by atoms with E-state index in [0.29, 0.717) is 0 Å². The number of nitrogens with zero attached hydrogens (tertiary/aromatic N) is 2. The van der Waals surface area contributed by atoms with E-state index >= 15 is 0 Å². The molecule has 2 rings (SSSR count). The summed E-state index contributed by atoms with van der Waals surface area (Å²) in [5.74, 6) is 1.67. The van der Waals surface area contributed by atoms with Crippen LogP contribution in [-0.4, -0.2) is 9.97 Å². The van der Waals surface area contributed by atoms with E-state index in [9.17, 15) is 0 Å². The zero-order valence-corrected chi connectivity index (χ0v) is 14.8. The van der Waals surface area contributed by atoms with E-state index in [2.05, 4.69) is 90.1 Å². The average Bonchev–Trinajstić information content (AvgIpc) is 2.37. The molecule has 1 heterocycles. The Balaban J connectivity index is 2.23. The highest BCUT2D eigenvalue weighted by molar-refractivity contribution is 9.10. The smallest absolute Gasteiger partial charge is 0.137 e. The van der Waals surface area contributed by atoms with Gasteiger partial charge in [0, 0.05) is 17.5 Å². The molecule has 1 aromatic heterocycles. The lowest BCUT2D eigenvalue weighted by atomic mass is 9.96. The molecule has 0 aliphatic heterocycles. The normalized spacial score (nSPS) is 13.0. The molecule has 1 aromatic carbocycles. The molecular formula is C17H22BrN3. The van der Waals surface area contributed by atoms with Gasteiger partial charge in [-0.3, -0.25) is 0 Å². The number of aromatic nitrogens is 2. The van der Waals surface area contributed by atoms with E-state index in [0.717, 1.165) is 16.2 Å². The maximum absolute atomic E-state index is 4.64. The maximum Gasteiger partial charge on any atom is 0.137 e. The number of benzene rings is 1. The van der Waals surface area contributed by atoms with Crippen LogP contribution in [0, 0.1) is 6.92 Å². The zero-order chi connectivity index (χ0) is 15.6. The first-order valence-electron chi connectivity index (χ1n) is 7.14. The molecule has 0 fully saturated rings. The van der Waals surface area contributed by atoms with Gasteiger partial charge in [0.15, 0.2) is 0 Å². The molecule has 0 spiro atoms. The van der Waals surface area contributed by atoms with Crippen LogP contribution in [0.5, 0.6) is 0 Å². The van der Waals surface area contributed by atoms with Crippen LogP contribution in [0.3, 0.4) is 0 Å². The average molecular weight is 348 g/mol. The Kier molecular flexibility index (Phi) is 4.67. The van der Waals surface area contributed by atoms with Gasteiger partial charge in [-0.15, -0.1) is 0 Å². The topological polar surface area (TPSA) is 37.8 Å². The molecule has 0 aliphatic carbocycles. The fourth-order valence-corrected chi connectivity index (χ4v) is 2.37. The van der Waals surface area contributed by atoms with E-state index in [-0.39, 0.29) is 11.5 Å². The molecular weight excluding hydrogens is 326 g/mol. The van der Waals surface area contributed by atoms with Gasteiger partial charge in [-0.2, -0.15) is 0 Å². The Morgan fingerprint density at radius 2 is 1.71 bits per heavy atom. The SMILES string of the molecule is Cc1ccc(C(C)Nc2cc(Br)nc(C(C)(C)C)n2)cc1. The minimum atomic E-state index is -0.0761. The van der Waals surface area contributed by atoms with Gasteiger partial charge in [-0.1, -0.05) is 50.6 Å². The van der Waals surface area contributed by atoms with Gasteiger partial charge in [0.2, 0.25) is 0 Å². The molecule has 1 unspecified atom stereocenters. The molecule has 0 bridgehead atoms. The number of nitrogens with one attached hydrogen (secondary N) is 1. The molecule has 3 nitrogen and oxygen atoms in total. The summed E-state index contributed by atoms with van der Waals surface area (Å²) in [6.45, 7) is 10.6. The van der Waals surface area contributed by atoms with Crippen molar-refractivity contribution in [3.8, 4) is 0 Å². The number of anilines is 1. The minimum Gasteiger partial charge on any atom is -0.363 e. The van der Waals surface area contributed by atoms with Gasteiger partial charge in [0.1, 0.15) is 16.2 Å². The molecule has 4 heteroatoms. The first kappa shape index (κ1) is 16.0. The van der Waals surface area contributed by atoms with Crippen LogP contribution >= 0.6 is 15.9 Å². The van der Waals surface area contributed by atoms with Crippen molar-refractivity contribution in [2.75, 3.05) is 5.32 Å². The number of rotatable bonds is 3. The van der Waals surface area contributed by atoms with Crippen molar-refractivity contribution in [3.63, 3.8) is 0 Å². The molecule has 1 N–H and O–H groups in total. The molecule has 112 valence electrons. The molecule has 0 radical (unpaired) electrons. The lowest BCUT2D eigenvalue weighted by molar-refractivity contribution is 0.544. The molecule has 0 saturated carbocycles. The molecule has 0 aliphatic rings. The van der Waals surface area contributed by atoms with Crippen LogP contribution in [0.2, 0.25) is 0 Å². The number of hydrogen-bond acceptors (Lipinski definition) is 3. The van der Waals surface area contributed by atoms with E-state index in [1.807, 2.05) is 6.07 Å². The minimum absolute atomic E-state index is 0.0761. The van der Waals surface area contributed by atoms with Crippen LogP contribution in [0.15, 0.2) is 34.9 Å². The summed E-state index contributed by atoms with van der Waals surface area (Å²) in [5, 5.41) is 3.45. The second-order valence-electron chi connectivity index (χ2n) is 6.43. The Bertz CT molecular complexity index is 615. The fraction of sp³-hybridized carbons (Fsp3) is 0.412. The predicted octanol–water partition coefficient (Wildman–Crippen LogP) is 5.02. The maximum atomic E-state index is 4.64. The van der Waals surface area contributed by atoms with E-state index in [4.69, 9.17) is 0 Å². The van der Waals surface area contributed by atoms with Crippen LogP contribution in [0.25, 0.3) is 0 Å². The quantitative estimate of drug-likeness (QED) is 0.792. The van der Waals surface area contributed by atoms with Crippen LogP contribution in [0.4, 0.5) is 5.82 Å². The van der Waals surface area contributed by atoms with Crippen molar-refractivity contribution in [2.45, 2.75) is 46.1 Å². The van der Waals surface area contributed by atoms with Gasteiger partial charge in [-0.05, 0) is 35.3 Å². The molecule has 0 saturated heterocycles. The third kappa shape index (κ3) is 4.27. The Morgan fingerprint density at radius 1 is 1.10 bits per heavy atom. The summed E-state index contributed by atoms with van der Waals surface area (Å²) in [6.07, 6.45) is 0. The first-order chi connectivity index (χ1) is 9.75. The lowest BCUT2D eigenvalue weighted by Crippen LogP contribution is -2.18. The molecule has 2 aromatic rings. The van der Waals surface area contributed by atoms with Crippen LogP contribution in [-0.2, 0) is 5.41 Å². The summed E-state index contributed by atoms with van der Waals surface area (Å²) in [6, 6.07) is 10.7. The summed E-state index contributed by atoms with van der Waals surface area (Å²) >= 11 is 3.47. The highest BCUT2D eigenvalue weighted by Gasteiger charge is 2.19. The number of aryl methyl sites for hydroxylation is 1. The first-order valence-corrected chi connectivity index (χ1v) is 7.93. The van der Waals surface area contributed by atoms with Gasteiger partial charge < -0.3 is 5.32 Å². The lowest BCUT2D eigenvalue weighted by Gasteiger charge is -2.20. The van der Waals surface area contributed by atoms with Crippen molar-refractivity contribution in [1.82, 2.24) is 9.97 Å². The highest BCUT2D eigenvalue weighted by Crippen LogP contribution is 2.25. The van der Waals surface area contributed by atoms with Gasteiger partial charge in [-0.25, -0.2) is 9.97 Å². The molecule has 1 atom stereocenters. The summed E-state index contributed by atoms with van der Waals surface area (Å²) in [4.78, 5) is 9.10. The third-order valence-electron chi connectivity index (χ3n) is 3.31. The standard InChI is InChI=1S/C17H22BrN3/c1-11-6-8-13(9-7-11)12(2)19-15-10-14(18)20-16(21-15)17(3,4)5/h6-10,12H,1-5H3,(H,19,20,21). The second kappa shape index (κ2) is 6.14. The number of hydrogen-bond donors (Lipinski definition) is 1. The van der Waals surface area contributed by atoms with Crippen LogP contribution < -0.4 is 5.32 Å². The van der Waals surface area contributed by atoms with E-state index in [1.165, 1.54) is 11.1 Å². The van der Waals surface area contributed by atoms with Crippen molar-refractivity contribution >= 4 is 21.7 Å². The number of halogens is 1. The van der Waals surface area contributed by atoms with Crippen LogP contribution in [0.1, 0.15) is 50.7 Å². The van der Waals surface area contributed by atoms with Crippen molar-refractivity contribution < 1.29 is 0 Å². The fourth-order valence-electron chi connectivity index (χ4n) is 1.99. The Labute approximate surface area is 135 Å². The predicted molar refractivity (Wildman–Crippen MR) is 91.6 cm³/mol. The Hall–Kier alpha value is -1.42. The summed E-state index contributed by atoms with van der Waals surface area (Å²) in [7, 11) is 0. The summed E-state index contributed by atoms with van der Waals surface area (Å²) < 4.78 is 0.807. The largest absolute Gasteiger partial charge is 0.363 e. The molecule has 0 amide bonds. The van der Waals surface area contributed by atoms with E-state index in [1.54, 1.807) is 0 Å². The molecule has 21 heavy (non-hydrogen) atoms. The van der Waals surface area contributed by atoms with Crippen molar-refractivity contribution in [2.24, 2.45) is 0 Å². The monoisotopic (exact) mass is 347 g/mol. The van der Waals surface area contributed by atoms with Crippen molar-refractivity contribution in [1.29, 1.82) is 0 Å².